The van der Waals surface area contributed by atoms with Crippen LogP contribution < -0.4 is 10.6 Å². The maximum absolute atomic E-state index is 11.8. The van der Waals surface area contributed by atoms with Gasteiger partial charge in [0.2, 0.25) is 5.91 Å². The van der Waals surface area contributed by atoms with Gasteiger partial charge in [-0.15, -0.1) is 0 Å². The van der Waals surface area contributed by atoms with Gasteiger partial charge in [0.25, 0.3) is 0 Å². The Hall–Kier alpha value is -1.58. The zero-order chi connectivity index (χ0) is 13.6. The van der Waals surface area contributed by atoms with Crippen molar-refractivity contribution in [1.29, 1.82) is 0 Å². The Balaban J connectivity index is 2.53. The molecule has 0 aromatic carbocycles. The molecule has 1 rings (SSSR count). The summed E-state index contributed by atoms with van der Waals surface area (Å²) >= 11 is 0. The van der Waals surface area contributed by atoms with E-state index in [1.807, 2.05) is 32.9 Å². The highest BCUT2D eigenvalue weighted by Crippen LogP contribution is 2.17. The van der Waals surface area contributed by atoms with Gasteiger partial charge in [0.1, 0.15) is 5.82 Å². The number of anilines is 2. The molecule has 4 heteroatoms. The van der Waals surface area contributed by atoms with Gasteiger partial charge < -0.3 is 10.6 Å². The minimum Gasteiger partial charge on any atom is -0.384 e. The molecule has 2 N–H and O–H groups in total. The van der Waals surface area contributed by atoms with Crippen molar-refractivity contribution in [2.45, 2.75) is 40.5 Å². The molecule has 0 spiro atoms. The Labute approximate surface area is 109 Å². The van der Waals surface area contributed by atoms with E-state index in [9.17, 15) is 4.79 Å². The van der Waals surface area contributed by atoms with Crippen LogP contribution in [-0.2, 0) is 4.79 Å². The van der Waals surface area contributed by atoms with Gasteiger partial charge in [0, 0.05) is 12.0 Å². The molecule has 0 radical (unpaired) electrons. The Bertz CT molecular complexity index is 379. The van der Waals surface area contributed by atoms with Gasteiger partial charge in [0.15, 0.2) is 0 Å². The Morgan fingerprint density at radius 1 is 1.33 bits per heavy atom. The van der Waals surface area contributed by atoms with Crippen LogP contribution in [0.3, 0.4) is 0 Å². The van der Waals surface area contributed by atoms with Crippen LogP contribution in [0.15, 0.2) is 18.3 Å². The van der Waals surface area contributed by atoms with Crippen molar-refractivity contribution in [1.82, 2.24) is 4.98 Å². The molecule has 1 amide bonds. The molecule has 0 bridgehead atoms. The van der Waals surface area contributed by atoms with Crippen LogP contribution in [0.1, 0.15) is 40.5 Å². The highest BCUT2D eigenvalue weighted by atomic mass is 16.2. The highest BCUT2D eigenvalue weighted by molar-refractivity contribution is 5.93. The van der Waals surface area contributed by atoms with Crippen molar-refractivity contribution >= 4 is 17.4 Å². The molecular weight excluding hydrogens is 226 g/mol. The van der Waals surface area contributed by atoms with E-state index in [-0.39, 0.29) is 5.91 Å². The maximum atomic E-state index is 11.8. The minimum atomic E-state index is -0.403. The lowest BCUT2D eigenvalue weighted by molar-refractivity contribution is -0.123. The maximum Gasteiger partial charge on any atom is 0.230 e. The van der Waals surface area contributed by atoms with E-state index in [0.717, 1.165) is 18.7 Å². The van der Waals surface area contributed by atoms with Gasteiger partial charge in [0.05, 0.1) is 11.9 Å². The van der Waals surface area contributed by atoms with Gasteiger partial charge in [-0.25, -0.2) is 4.98 Å². The van der Waals surface area contributed by atoms with E-state index < -0.39 is 5.41 Å². The summed E-state index contributed by atoms with van der Waals surface area (Å²) in [4.78, 5) is 16.0. The molecule has 100 valence electrons. The molecule has 18 heavy (non-hydrogen) atoms. The summed E-state index contributed by atoms with van der Waals surface area (Å²) in [6.07, 6.45) is 4.05. The molecule has 0 atom stereocenters. The standard InChI is InChI=1S/C14H23N3O/c1-5-6-9-15-11-7-8-12(16-10-11)17-13(18)14(2,3)4/h7-8,10,15H,5-6,9H2,1-4H3,(H,16,17,18). The number of nitrogens with zero attached hydrogens (tertiary/aromatic N) is 1. The fraction of sp³-hybridized carbons (Fsp3) is 0.571. The van der Waals surface area contributed by atoms with Crippen molar-refractivity contribution in [3.63, 3.8) is 0 Å². The minimum absolute atomic E-state index is 0.0262. The summed E-state index contributed by atoms with van der Waals surface area (Å²) < 4.78 is 0. The first-order valence-electron chi connectivity index (χ1n) is 6.45. The number of hydrogen-bond donors (Lipinski definition) is 2. The number of rotatable bonds is 5. The van der Waals surface area contributed by atoms with Crippen LogP contribution >= 0.6 is 0 Å². The second kappa shape index (κ2) is 6.38. The number of nitrogens with one attached hydrogen (secondary N) is 2. The molecule has 0 aliphatic heterocycles. The smallest absolute Gasteiger partial charge is 0.230 e. The first-order valence-corrected chi connectivity index (χ1v) is 6.45. The number of carbonyl (C=O) groups excluding carboxylic acids is 1. The first-order chi connectivity index (χ1) is 8.43. The van der Waals surface area contributed by atoms with E-state index in [2.05, 4.69) is 22.5 Å². The fourth-order valence-corrected chi connectivity index (χ4v) is 1.29. The van der Waals surface area contributed by atoms with Crippen molar-refractivity contribution in [3.05, 3.63) is 18.3 Å². The van der Waals surface area contributed by atoms with Crippen molar-refractivity contribution in [2.24, 2.45) is 5.41 Å². The SMILES string of the molecule is CCCCNc1ccc(NC(=O)C(C)(C)C)nc1. The van der Waals surface area contributed by atoms with Crippen molar-refractivity contribution in [3.8, 4) is 0 Å². The molecule has 0 aliphatic rings. The molecular formula is C14H23N3O. The monoisotopic (exact) mass is 249 g/mol. The third kappa shape index (κ3) is 4.73. The average molecular weight is 249 g/mol. The molecule has 1 heterocycles. The number of amides is 1. The number of carbonyl (C=O) groups is 1. The van der Waals surface area contributed by atoms with Crippen LogP contribution in [0, 0.1) is 5.41 Å². The van der Waals surface area contributed by atoms with Gasteiger partial charge in [-0.1, -0.05) is 34.1 Å². The van der Waals surface area contributed by atoms with Crippen molar-refractivity contribution < 1.29 is 4.79 Å². The van der Waals surface area contributed by atoms with Gasteiger partial charge in [-0.2, -0.15) is 0 Å². The molecule has 1 aromatic rings. The lowest BCUT2D eigenvalue weighted by Crippen LogP contribution is -2.27. The summed E-state index contributed by atoms with van der Waals surface area (Å²) in [6, 6.07) is 3.75. The second-order valence-corrected chi connectivity index (χ2v) is 5.42. The van der Waals surface area contributed by atoms with Crippen LogP contribution in [0.4, 0.5) is 11.5 Å². The quantitative estimate of drug-likeness (QED) is 0.787. The lowest BCUT2D eigenvalue weighted by atomic mass is 9.96. The number of unbranched alkanes of at least 4 members (excludes halogenated alkanes) is 1. The molecule has 4 nitrogen and oxygen atoms in total. The molecule has 0 fully saturated rings. The number of aromatic nitrogens is 1. The van der Waals surface area contributed by atoms with Crippen LogP contribution in [-0.4, -0.2) is 17.4 Å². The highest BCUT2D eigenvalue weighted by Gasteiger charge is 2.21. The topological polar surface area (TPSA) is 54.0 Å². The summed E-state index contributed by atoms with van der Waals surface area (Å²) in [6.45, 7) is 8.74. The van der Waals surface area contributed by atoms with Crippen LogP contribution in [0.2, 0.25) is 0 Å². The molecule has 0 aliphatic carbocycles. The fourth-order valence-electron chi connectivity index (χ4n) is 1.29. The Morgan fingerprint density at radius 2 is 2.06 bits per heavy atom. The van der Waals surface area contributed by atoms with Crippen molar-refractivity contribution in [2.75, 3.05) is 17.2 Å². The third-order valence-electron chi connectivity index (χ3n) is 2.55. The number of hydrogen-bond acceptors (Lipinski definition) is 3. The van der Waals surface area contributed by atoms with E-state index in [1.54, 1.807) is 6.20 Å². The largest absolute Gasteiger partial charge is 0.384 e. The van der Waals surface area contributed by atoms with Crippen LogP contribution in [0.5, 0.6) is 0 Å². The van der Waals surface area contributed by atoms with E-state index in [1.165, 1.54) is 6.42 Å². The summed E-state index contributed by atoms with van der Waals surface area (Å²) in [5.74, 6) is 0.567. The molecule has 0 saturated carbocycles. The van der Waals surface area contributed by atoms with E-state index in [0.29, 0.717) is 5.82 Å². The van der Waals surface area contributed by atoms with Gasteiger partial charge in [-0.05, 0) is 18.6 Å². The van der Waals surface area contributed by atoms with E-state index in [4.69, 9.17) is 0 Å². The summed E-state index contributed by atoms with van der Waals surface area (Å²) in [5, 5.41) is 6.08. The van der Waals surface area contributed by atoms with Gasteiger partial charge in [-0.3, -0.25) is 4.79 Å². The third-order valence-corrected chi connectivity index (χ3v) is 2.55. The van der Waals surface area contributed by atoms with E-state index >= 15 is 0 Å². The average Bonchev–Trinajstić information content (AvgIpc) is 2.30. The second-order valence-electron chi connectivity index (χ2n) is 5.42. The molecule has 0 saturated heterocycles. The molecule has 0 unspecified atom stereocenters. The predicted molar refractivity (Wildman–Crippen MR) is 75.7 cm³/mol. The Morgan fingerprint density at radius 3 is 2.56 bits per heavy atom. The number of pyridine rings is 1. The van der Waals surface area contributed by atoms with Gasteiger partial charge >= 0.3 is 0 Å². The normalized spacial score (nSPS) is 11.1. The first kappa shape index (κ1) is 14.5. The Kier molecular flexibility index (Phi) is 5.13. The molecule has 1 aromatic heterocycles. The predicted octanol–water partition coefficient (Wildman–Crippen LogP) is 3.28. The van der Waals surface area contributed by atoms with Crippen LogP contribution in [0.25, 0.3) is 0 Å². The summed E-state index contributed by atoms with van der Waals surface area (Å²) in [7, 11) is 0. The summed E-state index contributed by atoms with van der Waals surface area (Å²) in [5.41, 5.74) is 0.580. The lowest BCUT2D eigenvalue weighted by Gasteiger charge is -2.17. The zero-order valence-corrected chi connectivity index (χ0v) is 11.7. The zero-order valence-electron chi connectivity index (χ0n) is 11.7.